The van der Waals surface area contributed by atoms with Crippen molar-refractivity contribution in [3.05, 3.63) is 253 Å². The summed E-state index contributed by atoms with van der Waals surface area (Å²) in [4.78, 5) is 38.9. The van der Waals surface area contributed by atoms with Crippen molar-refractivity contribution in [2.75, 3.05) is 271 Å². The molecule has 3 aliphatic heterocycles. The van der Waals surface area contributed by atoms with E-state index in [0.29, 0.717) is 148 Å². The zero-order valence-electron chi connectivity index (χ0n) is 88.4. The number of benzene rings is 6. The fourth-order valence-electron chi connectivity index (χ4n) is 16.5. The highest BCUT2D eigenvalue weighted by Crippen LogP contribution is 2.38. The predicted octanol–water partition coefficient (Wildman–Crippen LogP) is 19.0. The Labute approximate surface area is 883 Å². The van der Waals surface area contributed by atoms with Crippen LogP contribution in [0.15, 0.2) is 219 Å². The lowest BCUT2D eigenvalue weighted by molar-refractivity contribution is 0.0398. The Morgan fingerprint density at radius 3 is 0.813 bits per heavy atom. The van der Waals surface area contributed by atoms with Gasteiger partial charge in [-0.3, -0.25) is 4.90 Å². The van der Waals surface area contributed by atoms with Crippen molar-refractivity contribution in [2.24, 2.45) is 0 Å². The number of piperidine rings is 1. The molecule has 0 unspecified atom stereocenters. The lowest BCUT2D eigenvalue weighted by Gasteiger charge is -2.29. The molecular formula is C117H139N19O14. The number of nitrogens with one attached hydrogen (secondary N) is 1. The second-order valence-corrected chi connectivity index (χ2v) is 34.3. The van der Waals surface area contributed by atoms with Gasteiger partial charge in [-0.1, -0.05) is 86.6 Å². The third-order valence-electron chi connectivity index (χ3n) is 24.4. The molecule has 9 heterocycles. The van der Waals surface area contributed by atoms with Gasteiger partial charge in [0.15, 0.2) is 0 Å². The molecule has 6 aromatic heterocycles. The topological polar surface area (TPSA) is 381 Å². The molecule has 12 aromatic rings. The van der Waals surface area contributed by atoms with E-state index < -0.39 is 0 Å². The van der Waals surface area contributed by atoms with E-state index in [4.69, 9.17) is 66.3 Å². The van der Waals surface area contributed by atoms with E-state index >= 15 is 0 Å². The van der Waals surface area contributed by atoms with Crippen LogP contribution in [0.2, 0.25) is 0 Å². The molecule has 33 heteroatoms. The van der Waals surface area contributed by atoms with Crippen LogP contribution in [0.3, 0.4) is 0 Å². The summed E-state index contributed by atoms with van der Waals surface area (Å²) in [6, 6.07) is 73.6. The summed E-state index contributed by atoms with van der Waals surface area (Å²) in [5, 5.41) is 60.7. The number of rotatable bonds is 45. The molecule has 786 valence electrons. The van der Waals surface area contributed by atoms with E-state index in [9.17, 15) is 31.6 Å². The number of nitriles is 6. The van der Waals surface area contributed by atoms with E-state index in [1.54, 1.807) is 79.8 Å². The fourth-order valence-corrected chi connectivity index (χ4v) is 16.5. The van der Waals surface area contributed by atoms with Crippen LogP contribution in [-0.4, -0.2) is 276 Å². The molecule has 0 atom stereocenters. The van der Waals surface area contributed by atoms with Gasteiger partial charge in [0.25, 0.3) is 0 Å². The molecule has 150 heavy (non-hydrogen) atoms. The first-order chi connectivity index (χ1) is 73.6. The minimum Gasteiger partial charge on any atom is -0.474 e. The van der Waals surface area contributed by atoms with E-state index in [1.165, 1.54) is 36.3 Å². The van der Waals surface area contributed by atoms with Crippen LogP contribution in [0.4, 0.5) is 34.1 Å². The summed E-state index contributed by atoms with van der Waals surface area (Å²) in [7, 11) is 13.6. The highest BCUT2D eigenvalue weighted by molar-refractivity contribution is 5.80. The van der Waals surface area contributed by atoms with Gasteiger partial charge < -0.3 is 96.1 Å². The predicted molar refractivity (Wildman–Crippen MR) is 586 cm³/mol. The summed E-state index contributed by atoms with van der Waals surface area (Å²) in [6.07, 6.45) is 16.1. The van der Waals surface area contributed by atoms with Crippen molar-refractivity contribution in [2.45, 2.75) is 59.8 Å². The highest BCUT2D eigenvalue weighted by atomic mass is 16.5. The van der Waals surface area contributed by atoms with Gasteiger partial charge in [-0.15, -0.1) is 0 Å². The van der Waals surface area contributed by atoms with Crippen molar-refractivity contribution >= 4 is 34.1 Å². The number of anilines is 6. The zero-order valence-corrected chi connectivity index (χ0v) is 88.4. The van der Waals surface area contributed by atoms with Crippen LogP contribution >= 0.6 is 0 Å². The summed E-state index contributed by atoms with van der Waals surface area (Å²) in [5.74, 6) is 2.08. The number of hydrogen-bond donors (Lipinski definition) is 1. The van der Waals surface area contributed by atoms with Crippen LogP contribution in [0.5, 0.6) is 35.3 Å². The lowest BCUT2D eigenvalue weighted by Crippen LogP contribution is -2.38. The minimum absolute atomic E-state index is 0.338. The van der Waals surface area contributed by atoms with Crippen LogP contribution in [0.25, 0.3) is 66.8 Å². The average molecular weight is 2040 g/mol. The molecule has 3 saturated heterocycles. The summed E-state index contributed by atoms with van der Waals surface area (Å²) in [6.45, 7) is 28.6. The SMILES string of the molecule is CCCN(CCC)c1ccc(-c2ccnc(OCCOC)c2C#N)cc1.CCN(CC)c1ccc(-c2ccnc(OCCOC)c2C#N)cc1.COCCOc1nccc(-c2ccc(N(C)C)cc2)c1C#N.COCCOc1nccc(-c2ccc(N3CCCCC3)cc2)c1C#N.COCCOc1nccc(-c2ccc(N3CCOCC3)cc2)c1C#N.COCCOc1nccc(-c2ccc(NCCN3CCOCC3)cc2)c1C#N. The molecule has 6 aromatic carbocycles. The maximum atomic E-state index is 9.59. The number of nitrogens with zero attached hydrogens (tertiary/aromatic N) is 18. The van der Waals surface area contributed by atoms with Crippen LogP contribution in [0.1, 0.15) is 93.2 Å². The smallest absolute Gasteiger partial charge is 0.232 e. The lowest BCUT2D eigenvalue weighted by atomic mass is 10.0. The van der Waals surface area contributed by atoms with E-state index in [0.717, 1.165) is 202 Å². The van der Waals surface area contributed by atoms with Crippen LogP contribution < -0.4 is 58.2 Å². The Morgan fingerprint density at radius 1 is 0.300 bits per heavy atom. The number of morpholine rings is 2. The van der Waals surface area contributed by atoms with E-state index in [1.807, 2.05) is 128 Å². The van der Waals surface area contributed by atoms with E-state index in [2.05, 4.69) is 197 Å². The van der Waals surface area contributed by atoms with Gasteiger partial charge >= 0.3 is 0 Å². The van der Waals surface area contributed by atoms with Gasteiger partial charge in [-0.25, -0.2) is 29.9 Å². The summed E-state index contributed by atoms with van der Waals surface area (Å²) < 4.78 is 74.0. The quantitative estimate of drug-likeness (QED) is 0.0346. The van der Waals surface area contributed by atoms with Gasteiger partial charge in [0.05, 0.1) is 66.1 Å². The van der Waals surface area contributed by atoms with Crippen LogP contribution in [0, 0.1) is 68.0 Å². The third kappa shape index (κ3) is 35.3. The molecule has 3 aliphatic rings. The van der Waals surface area contributed by atoms with Gasteiger partial charge in [-0.2, -0.15) is 31.6 Å². The third-order valence-corrected chi connectivity index (χ3v) is 24.4. The summed E-state index contributed by atoms with van der Waals surface area (Å²) in [5.41, 5.74) is 20.4. The van der Waals surface area contributed by atoms with Crippen LogP contribution in [-0.2, 0) is 37.9 Å². The van der Waals surface area contributed by atoms with Gasteiger partial charge in [0, 0.05) is 240 Å². The summed E-state index contributed by atoms with van der Waals surface area (Å²) >= 11 is 0. The standard InChI is InChI=1S/C21H26N4O3.C21H27N3O2.C20H23N3O2.C19H21N3O3.C19H23N3O2.C17H19N3O2/c1-26-14-15-28-21-20(16-22)19(6-7-24-21)17-2-4-18(5-3-17)23-8-9-25-10-12-27-13-11-25;1-4-12-24(13-5-2)18-8-6-17(7-9-18)19-10-11-23-21(20(19)16-22)26-15-14-25-3;1-24-13-14-25-20-19(15-21)18(9-10-22-20)16-5-7-17(8-6-16)23-11-3-2-4-12-23;1-23-12-13-25-19-18(14-20)17(6-7-21-19)15-2-4-16(5-3-15)22-8-10-24-11-9-22;1-4-22(5-2)16-8-6-15(7-9-16)17-10-11-21-19(18(17)14-20)24-13-12-23-3;1-20(2)14-6-4-13(5-7-14)15-8-9-19-17(16(15)12-18)22-11-10-21-3/h2-7,23H,8-15H2,1H3;6-11H,4-5,12-15H2,1-3H3;5-10H,2-4,11-14H2,1H3;2-7H,8-13H2,1H3;6-11H,4-5,12-13H2,1-3H3;4-9H,10-11H2,1-3H3. The minimum atomic E-state index is 0.338. The van der Waals surface area contributed by atoms with Crippen molar-refractivity contribution in [3.63, 3.8) is 0 Å². The largest absolute Gasteiger partial charge is 0.474 e. The monoisotopic (exact) mass is 2030 g/mol. The molecule has 0 bridgehead atoms. The average Bonchev–Trinajstić information content (AvgIpc) is 0.774. The molecule has 0 saturated carbocycles. The number of ether oxygens (including phenoxy) is 14. The first-order valence-corrected chi connectivity index (χ1v) is 50.6. The maximum Gasteiger partial charge on any atom is 0.232 e. The molecule has 3 fully saturated rings. The zero-order chi connectivity index (χ0) is 107. The number of hydrogen-bond acceptors (Lipinski definition) is 33. The number of aromatic nitrogens is 6. The Morgan fingerprint density at radius 2 is 0.553 bits per heavy atom. The molecule has 0 amide bonds. The van der Waals surface area contributed by atoms with Crippen molar-refractivity contribution < 1.29 is 66.3 Å². The molecule has 0 radical (unpaired) electrons. The second-order valence-electron chi connectivity index (χ2n) is 34.3. The molecule has 15 rings (SSSR count). The Bertz CT molecular complexity index is 6160. The van der Waals surface area contributed by atoms with Crippen molar-refractivity contribution in [1.82, 2.24) is 34.8 Å². The number of pyridine rings is 6. The van der Waals surface area contributed by atoms with Gasteiger partial charge in [-0.05, 0) is 189 Å². The first kappa shape index (κ1) is 116. The van der Waals surface area contributed by atoms with E-state index in [-0.39, 0.29) is 0 Å². The highest BCUT2D eigenvalue weighted by Gasteiger charge is 2.23. The Hall–Kier alpha value is -15.6. The first-order valence-electron chi connectivity index (χ1n) is 50.6. The van der Waals surface area contributed by atoms with Crippen molar-refractivity contribution in [3.8, 4) is 138 Å². The molecule has 0 spiro atoms. The van der Waals surface area contributed by atoms with Gasteiger partial charge in [0.1, 0.15) is 109 Å². The molecule has 0 aliphatic carbocycles. The van der Waals surface area contributed by atoms with Crippen molar-refractivity contribution in [1.29, 1.82) is 31.6 Å². The van der Waals surface area contributed by atoms with Gasteiger partial charge in [0.2, 0.25) is 35.3 Å². The normalized spacial score (nSPS) is 12.3. The fraction of sp³-hybridized carbons (Fsp3) is 0.385. The molecule has 1 N–H and O–H groups in total. The second kappa shape index (κ2) is 65.9. The Kier molecular flexibility index (Phi) is 51.1. The maximum absolute atomic E-state index is 9.59. The molecular weight excluding hydrogens is 1900 g/mol. The molecule has 33 nitrogen and oxygen atoms in total. The number of methoxy groups -OCH3 is 6. The Balaban J connectivity index is 0.000000184.